The van der Waals surface area contributed by atoms with E-state index >= 15 is 0 Å². The van der Waals surface area contributed by atoms with Crippen LogP contribution in [0.5, 0.6) is 0 Å². The number of ether oxygens (including phenoxy) is 1. The lowest BCUT2D eigenvalue weighted by atomic mass is 10.1. The number of hydrogen-bond donors (Lipinski definition) is 0. The first-order chi connectivity index (χ1) is 9.70. The Kier molecular flexibility index (Phi) is 3.14. The maximum atomic E-state index is 11.2. The van der Waals surface area contributed by atoms with Gasteiger partial charge in [0, 0.05) is 42.2 Å². The van der Waals surface area contributed by atoms with Crippen molar-refractivity contribution in [3.63, 3.8) is 0 Å². The molecule has 0 spiro atoms. The monoisotopic (exact) mass is 268 g/mol. The van der Waals surface area contributed by atoms with Crippen molar-refractivity contribution in [1.29, 1.82) is 0 Å². The molecule has 4 heteroatoms. The molecule has 0 fully saturated rings. The number of aromatic nitrogens is 2. The van der Waals surface area contributed by atoms with Gasteiger partial charge in [0.05, 0.1) is 12.6 Å². The van der Waals surface area contributed by atoms with Crippen LogP contribution < -0.4 is 0 Å². The average molecular weight is 268 g/mol. The topological polar surface area (TPSA) is 44.1 Å². The number of benzene rings is 1. The summed E-state index contributed by atoms with van der Waals surface area (Å²) in [6.45, 7) is 0. The predicted octanol–water partition coefficient (Wildman–Crippen LogP) is 2.83. The molecule has 20 heavy (non-hydrogen) atoms. The summed E-state index contributed by atoms with van der Waals surface area (Å²) in [5.74, 6) is -0.176. The Balaban J connectivity index is 2.06. The van der Waals surface area contributed by atoms with Gasteiger partial charge in [-0.15, -0.1) is 0 Å². The zero-order chi connectivity index (χ0) is 14.1. The number of hydrogen-bond acceptors (Lipinski definition) is 3. The standard InChI is InChI=1S/C16H16N2O2/c1-18-14-5-3-11(4-6-16(19)20-2)9-12(14)13-10-17-8-7-15(13)18/h3,5,7-10H,4,6H2,1-2H3. The second-order valence-electron chi connectivity index (χ2n) is 4.88. The van der Waals surface area contributed by atoms with Crippen LogP contribution in [0.25, 0.3) is 21.8 Å². The molecule has 2 heterocycles. The van der Waals surface area contributed by atoms with Gasteiger partial charge in [0.1, 0.15) is 0 Å². The largest absolute Gasteiger partial charge is 0.469 e. The Morgan fingerprint density at radius 3 is 2.85 bits per heavy atom. The highest BCUT2D eigenvalue weighted by Crippen LogP contribution is 2.28. The van der Waals surface area contributed by atoms with Crippen LogP contribution >= 0.6 is 0 Å². The van der Waals surface area contributed by atoms with Gasteiger partial charge in [-0.05, 0) is 30.2 Å². The van der Waals surface area contributed by atoms with Gasteiger partial charge in [0.15, 0.2) is 0 Å². The molecule has 0 aliphatic heterocycles. The van der Waals surface area contributed by atoms with E-state index in [1.165, 1.54) is 23.5 Å². The van der Waals surface area contributed by atoms with Crippen molar-refractivity contribution >= 4 is 27.8 Å². The minimum atomic E-state index is -0.176. The molecule has 1 aromatic carbocycles. The summed E-state index contributed by atoms with van der Waals surface area (Å²) in [6, 6.07) is 8.32. The smallest absolute Gasteiger partial charge is 0.305 e. The fraction of sp³-hybridized carbons (Fsp3) is 0.250. The van der Waals surface area contributed by atoms with Crippen LogP contribution in [0.1, 0.15) is 12.0 Å². The third kappa shape index (κ3) is 2.03. The lowest BCUT2D eigenvalue weighted by Crippen LogP contribution is -2.01. The zero-order valence-electron chi connectivity index (χ0n) is 11.6. The van der Waals surface area contributed by atoms with Gasteiger partial charge < -0.3 is 9.30 Å². The molecule has 2 aromatic heterocycles. The maximum Gasteiger partial charge on any atom is 0.305 e. The van der Waals surface area contributed by atoms with E-state index in [1.54, 1.807) is 6.20 Å². The number of carbonyl (C=O) groups excluding carboxylic acids is 1. The lowest BCUT2D eigenvalue weighted by molar-refractivity contribution is -0.140. The van der Waals surface area contributed by atoms with E-state index < -0.39 is 0 Å². The molecule has 0 bridgehead atoms. The molecule has 0 unspecified atom stereocenters. The van der Waals surface area contributed by atoms with Crippen molar-refractivity contribution < 1.29 is 9.53 Å². The fourth-order valence-corrected chi connectivity index (χ4v) is 2.61. The van der Waals surface area contributed by atoms with E-state index in [1.807, 2.05) is 12.3 Å². The molecule has 0 radical (unpaired) electrons. The Bertz CT molecular complexity index is 790. The van der Waals surface area contributed by atoms with Gasteiger partial charge in [0.25, 0.3) is 0 Å². The maximum absolute atomic E-state index is 11.2. The van der Waals surface area contributed by atoms with Crippen LogP contribution in [0.15, 0.2) is 36.7 Å². The van der Waals surface area contributed by atoms with E-state index in [4.69, 9.17) is 0 Å². The summed E-state index contributed by atoms with van der Waals surface area (Å²) in [5, 5.41) is 2.32. The number of rotatable bonds is 3. The SMILES string of the molecule is COC(=O)CCc1ccc2c(c1)c1cnccc1n2C. The summed E-state index contributed by atoms with van der Waals surface area (Å²) in [7, 11) is 3.47. The van der Waals surface area contributed by atoms with Crippen LogP contribution in [0.2, 0.25) is 0 Å². The number of esters is 1. The normalized spacial score (nSPS) is 11.1. The minimum absolute atomic E-state index is 0.176. The van der Waals surface area contributed by atoms with Crippen molar-refractivity contribution in [2.24, 2.45) is 7.05 Å². The summed E-state index contributed by atoms with van der Waals surface area (Å²) in [6.07, 6.45) is 4.80. The van der Waals surface area contributed by atoms with Crippen LogP contribution in [0.4, 0.5) is 0 Å². The first kappa shape index (κ1) is 12.7. The molecule has 3 aromatic rings. The number of pyridine rings is 1. The highest BCUT2D eigenvalue weighted by atomic mass is 16.5. The Morgan fingerprint density at radius 2 is 2.05 bits per heavy atom. The molecule has 0 N–H and O–H groups in total. The lowest BCUT2D eigenvalue weighted by Gasteiger charge is -2.02. The van der Waals surface area contributed by atoms with Crippen LogP contribution in [0.3, 0.4) is 0 Å². The molecule has 0 saturated carbocycles. The molecule has 0 aliphatic carbocycles. The molecule has 0 amide bonds. The fourth-order valence-electron chi connectivity index (χ4n) is 2.61. The van der Waals surface area contributed by atoms with E-state index in [-0.39, 0.29) is 5.97 Å². The molecule has 0 aliphatic rings. The van der Waals surface area contributed by atoms with Gasteiger partial charge >= 0.3 is 5.97 Å². The van der Waals surface area contributed by atoms with Crippen LogP contribution in [0, 0.1) is 0 Å². The van der Waals surface area contributed by atoms with Gasteiger partial charge in [-0.1, -0.05) is 6.07 Å². The molecule has 102 valence electrons. The van der Waals surface area contributed by atoms with Crippen LogP contribution in [-0.4, -0.2) is 22.6 Å². The van der Waals surface area contributed by atoms with E-state index in [0.717, 1.165) is 10.9 Å². The number of fused-ring (bicyclic) bond motifs is 3. The summed E-state index contributed by atoms with van der Waals surface area (Å²) < 4.78 is 6.84. The Labute approximate surface area is 117 Å². The summed E-state index contributed by atoms with van der Waals surface area (Å²) in [4.78, 5) is 15.4. The number of methoxy groups -OCH3 is 1. The van der Waals surface area contributed by atoms with Gasteiger partial charge in [-0.25, -0.2) is 0 Å². The highest BCUT2D eigenvalue weighted by Gasteiger charge is 2.09. The van der Waals surface area contributed by atoms with Gasteiger partial charge in [-0.3, -0.25) is 9.78 Å². The molecule has 4 nitrogen and oxygen atoms in total. The number of nitrogens with zero attached hydrogens (tertiary/aromatic N) is 2. The Hall–Kier alpha value is -2.36. The second-order valence-corrected chi connectivity index (χ2v) is 4.88. The molecular formula is C16H16N2O2. The van der Waals surface area contributed by atoms with Crippen molar-refractivity contribution in [3.05, 3.63) is 42.2 Å². The quantitative estimate of drug-likeness (QED) is 0.686. The average Bonchev–Trinajstić information content (AvgIpc) is 2.78. The van der Waals surface area contributed by atoms with Gasteiger partial charge in [0.2, 0.25) is 0 Å². The second kappa shape index (κ2) is 4.96. The predicted molar refractivity (Wildman–Crippen MR) is 78.6 cm³/mol. The Morgan fingerprint density at radius 1 is 1.25 bits per heavy atom. The molecular weight excluding hydrogens is 252 g/mol. The summed E-state index contributed by atoms with van der Waals surface area (Å²) in [5.41, 5.74) is 3.48. The molecule has 3 rings (SSSR count). The van der Waals surface area contributed by atoms with Crippen molar-refractivity contribution in [3.8, 4) is 0 Å². The highest BCUT2D eigenvalue weighted by molar-refractivity contribution is 6.07. The van der Waals surface area contributed by atoms with Crippen molar-refractivity contribution in [1.82, 2.24) is 9.55 Å². The van der Waals surface area contributed by atoms with E-state index in [0.29, 0.717) is 12.8 Å². The number of aryl methyl sites for hydroxylation is 2. The summed E-state index contributed by atoms with van der Waals surface area (Å²) >= 11 is 0. The number of carbonyl (C=O) groups is 1. The zero-order valence-corrected chi connectivity index (χ0v) is 11.6. The third-order valence-corrected chi connectivity index (χ3v) is 3.72. The van der Waals surface area contributed by atoms with Crippen molar-refractivity contribution in [2.45, 2.75) is 12.8 Å². The van der Waals surface area contributed by atoms with Crippen molar-refractivity contribution in [2.75, 3.05) is 7.11 Å². The first-order valence-corrected chi connectivity index (χ1v) is 6.58. The molecule has 0 saturated heterocycles. The molecule has 0 atom stereocenters. The van der Waals surface area contributed by atoms with Crippen LogP contribution in [-0.2, 0) is 23.0 Å². The van der Waals surface area contributed by atoms with Gasteiger partial charge in [-0.2, -0.15) is 0 Å². The third-order valence-electron chi connectivity index (χ3n) is 3.72. The first-order valence-electron chi connectivity index (χ1n) is 6.58. The van der Waals surface area contributed by atoms with E-state index in [9.17, 15) is 4.79 Å². The minimum Gasteiger partial charge on any atom is -0.469 e. The van der Waals surface area contributed by atoms with E-state index in [2.05, 4.69) is 39.5 Å².